The summed E-state index contributed by atoms with van der Waals surface area (Å²) in [5, 5.41) is 2.29. The van der Waals surface area contributed by atoms with E-state index < -0.39 is 5.41 Å². The molecule has 0 amide bonds. The third-order valence-corrected chi connectivity index (χ3v) is 12.8. The first kappa shape index (κ1) is 32.9. The van der Waals surface area contributed by atoms with Crippen LogP contribution < -0.4 is 4.90 Å². The fourth-order valence-electron chi connectivity index (χ4n) is 9.30. The van der Waals surface area contributed by atoms with Crippen molar-refractivity contribution in [3.8, 4) is 28.7 Å². The summed E-state index contributed by atoms with van der Waals surface area (Å²) in [7, 11) is 0. The van der Waals surface area contributed by atoms with Crippen molar-refractivity contribution in [2.75, 3.05) is 4.90 Å². The molecule has 0 radical (unpaired) electrons. The first-order valence-electron chi connectivity index (χ1n) is 19.5. The van der Waals surface area contributed by atoms with Crippen LogP contribution in [-0.2, 0) is 5.41 Å². The molecular weight excluding hydrogens is 727 g/mol. The molecule has 0 saturated carbocycles. The van der Waals surface area contributed by atoms with Crippen molar-refractivity contribution in [2.45, 2.75) is 15.2 Å². The number of anilines is 3. The minimum atomic E-state index is -0.596. The van der Waals surface area contributed by atoms with Crippen LogP contribution in [0, 0.1) is 0 Å². The maximum atomic E-state index is 5.23. The number of rotatable bonds is 4. The Morgan fingerprint density at radius 1 is 0.397 bits per heavy atom. The molecule has 0 bridgehead atoms. The molecule has 2 aliphatic heterocycles. The maximum absolute atomic E-state index is 5.23. The molecule has 10 aromatic rings. The second-order valence-corrected chi connectivity index (χ2v) is 15.9. The number of hydrogen-bond acceptors (Lipinski definition) is 5. The van der Waals surface area contributed by atoms with Gasteiger partial charge >= 0.3 is 0 Å². The van der Waals surface area contributed by atoms with Gasteiger partial charge in [-0.25, -0.2) is 4.98 Å². The van der Waals surface area contributed by atoms with Gasteiger partial charge in [0.25, 0.3) is 0 Å². The molecule has 6 heteroatoms. The van der Waals surface area contributed by atoms with Gasteiger partial charge in [-0.05, 0) is 70.8 Å². The Hall–Kier alpha value is -7.28. The summed E-state index contributed by atoms with van der Waals surface area (Å²) in [6, 6.07) is 71.6. The highest BCUT2D eigenvalue weighted by molar-refractivity contribution is 7.99. The molecular formula is C52H33N5S. The fourth-order valence-corrected chi connectivity index (χ4v) is 10.5. The van der Waals surface area contributed by atoms with Gasteiger partial charge in [0, 0.05) is 37.4 Å². The topological polar surface area (TPSA) is 46.8 Å². The zero-order valence-electron chi connectivity index (χ0n) is 31.2. The number of para-hydroxylation sites is 4. The van der Waals surface area contributed by atoms with E-state index in [0.717, 1.165) is 38.6 Å². The number of fused-ring (bicyclic) bond motifs is 11. The van der Waals surface area contributed by atoms with Crippen LogP contribution in [0.1, 0.15) is 22.3 Å². The summed E-state index contributed by atoms with van der Waals surface area (Å²) >= 11 is 1.85. The molecule has 0 atom stereocenters. The van der Waals surface area contributed by atoms with Gasteiger partial charge in [-0.3, -0.25) is 4.57 Å². The van der Waals surface area contributed by atoms with Crippen LogP contribution >= 0.6 is 11.8 Å². The molecule has 2 aromatic heterocycles. The summed E-state index contributed by atoms with van der Waals surface area (Å²) in [6.45, 7) is 0. The van der Waals surface area contributed by atoms with E-state index in [9.17, 15) is 0 Å². The van der Waals surface area contributed by atoms with E-state index in [2.05, 4.69) is 173 Å². The molecule has 4 heterocycles. The first-order valence-corrected chi connectivity index (χ1v) is 20.4. The van der Waals surface area contributed by atoms with Gasteiger partial charge in [-0.1, -0.05) is 163 Å². The maximum Gasteiger partial charge on any atom is 0.238 e. The minimum absolute atomic E-state index is 0.585. The molecule has 58 heavy (non-hydrogen) atoms. The van der Waals surface area contributed by atoms with Crippen molar-refractivity contribution in [1.82, 2.24) is 19.5 Å². The van der Waals surface area contributed by atoms with Gasteiger partial charge in [0.2, 0.25) is 5.95 Å². The lowest BCUT2D eigenvalue weighted by atomic mass is 9.62. The Labute approximate surface area is 340 Å². The third-order valence-electron chi connectivity index (χ3n) is 11.7. The zero-order valence-corrected chi connectivity index (χ0v) is 32.0. The Balaban J connectivity index is 1.18. The normalized spacial score (nSPS) is 13.6. The molecule has 1 spiro atoms. The highest BCUT2D eigenvalue weighted by Gasteiger charge is 2.50. The van der Waals surface area contributed by atoms with Gasteiger partial charge in [0.15, 0.2) is 11.6 Å². The summed E-state index contributed by atoms with van der Waals surface area (Å²) in [4.78, 5) is 20.4. The smallest absolute Gasteiger partial charge is 0.238 e. The Morgan fingerprint density at radius 3 is 1.59 bits per heavy atom. The average Bonchev–Trinajstić information content (AvgIpc) is 3.62. The van der Waals surface area contributed by atoms with Crippen LogP contribution in [0.15, 0.2) is 210 Å². The van der Waals surface area contributed by atoms with E-state index in [1.165, 1.54) is 43.4 Å². The summed E-state index contributed by atoms with van der Waals surface area (Å²) < 4.78 is 2.24. The van der Waals surface area contributed by atoms with Crippen LogP contribution in [0.5, 0.6) is 0 Å². The lowest BCUT2D eigenvalue weighted by molar-refractivity contribution is 0.693. The van der Waals surface area contributed by atoms with Crippen LogP contribution in [-0.4, -0.2) is 19.5 Å². The molecule has 0 unspecified atom stereocenters. The van der Waals surface area contributed by atoms with Gasteiger partial charge in [-0.15, -0.1) is 0 Å². The minimum Gasteiger partial charge on any atom is -0.310 e. The number of nitrogens with zero attached hydrogens (tertiary/aromatic N) is 5. The van der Waals surface area contributed by atoms with Crippen LogP contribution in [0.25, 0.3) is 50.5 Å². The molecule has 8 aromatic carbocycles. The Kier molecular flexibility index (Phi) is 7.31. The van der Waals surface area contributed by atoms with E-state index in [4.69, 9.17) is 15.0 Å². The molecule has 0 saturated heterocycles. The standard InChI is InChI=1S/C52H33N5S/c1-4-18-34(19-5-1)49-53-50(35-20-6-2-7-21-35)55-51(54-49)57-43-28-14-10-24-37(43)38-32-42-48(33-46(38)57)58-47-31-17-13-27-41(47)52(42)39-25-11-15-29-44(39)56(36-22-8-3-9-23-36)45-30-16-12-26-40(45)52/h1-33H. The number of benzene rings is 8. The largest absolute Gasteiger partial charge is 0.310 e. The van der Waals surface area contributed by atoms with Gasteiger partial charge in [-0.2, -0.15) is 9.97 Å². The lowest BCUT2D eigenvalue weighted by Crippen LogP contribution is -2.39. The second kappa shape index (κ2) is 12.9. The van der Waals surface area contributed by atoms with Crippen molar-refractivity contribution in [3.05, 3.63) is 222 Å². The van der Waals surface area contributed by atoms with E-state index in [1.54, 1.807) is 0 Å². The number of aromatic nitrogens is 4. The SMILES string of the molecule is c1ccc(-c2nc(-c3ccccc3)nc(-n3c4ccccc4c4cc5c(cc43)Sc3ccccc3C53c4ccccc4N(c4ccccc4)c4ccccc43)n2)cc1. The van der Waals surface area contributed by atoms with Gasteiger partial charge < -0.3 is 4.90 Å². The Morgan fingerprint density at radius 2 is 0.931 bits per heavy atom. The van der Waals surface area contributed by atoms with Crippen molar-refractivity contribution in [3.63, 3.8) is 0 Å². The van der Waals surface area contributed by atoms with Crippen molar-refractivity contribution in [2.24, 2.45) is 0 Å². The van der Waals surface area contributed by atoms with Gasteiger partial charge in [0.1, 0.15) is 0 Å². The number of hydrogen-bond donors (Lipinski definition) is 0. The highest BCUT2D eigenvalue weighted by atomic mass is 32.2. The lowest BCUT2D eigenvalue weighted by Gasteiger charge is -2.49. The van der Waals surface area contributed by atoms with E-state index in [0.29, 0.717) is 17.6 Å². The predicted molar refractivity (Wildman–Crippen MR) is 236 cm³/mol. The fraction of sp³-hybridized carbons (Fsp3) is 0.0192. The average molecular weight is 760 g/mol. The Bertz CT molecular complexity index is 3110. The molecule has 0 fully saturated rings. The van der Waals surface area contributed by atoms with Crippen LogP contribution in [0.2, 0.25) is 0 Å². The van der Waals surface area contributed by atoms with Gasteiger partial charge in [0.05, 0.1) is 27.8 Å². The monoisotopic (exact) mass is 759 g/mol. The highest BCUT2D eigenvalue weighted by Crippen LogP contribution is 2.63. The summed E-state index contributed by atoms with van der Waals surface area (Å²) in [5.41, 5.74) is 11.9. The van der Waals surface area contributed by atoms with E-state index in [-0.39, 0.29) is 0 Å². The summed E-state index contributed by atoms with van der Waals surface area (Å²) in [5.74, 6) is 1.85. The van der Waals surface area contributed by atoms with E-state index >= 15 is 0 Å². The molecule has 0 N–H and O–H groups in total. The van der Waals surface area contributed by atoms with Crippen molar-refractivity contribution in [1.29, 1.82) is 0 Å². The van der Waals surface area contributed by atoms with E-state index in [1.807, 2.05) is 48.2 Å². The first-order chi connectivity index (χ1) is 28.8. The quantitative estimate of drug-likeness (QED) is 0.179. The van der Waals surface area contributed by atoms with Crippen LogP contribution in [0.3, 0.4) is 0 Å². The zero-order chi connectivity index (χ0) is 38.2. The summed E-state index contributed by atoms with van der Waals surface area (Å²) in [6.07, 6.45) is 0. The van der Waals surface area contributed by atoms with Crippen molar-refractivity contribution < 1.29 is 0 Å². The predicted octanol–water partition coefficient (Wildman–Crippen LogP) is 12.9. The molecule has 2 aliphatic rings. The third kappa shape index (κ3) is 4.76. The van der Waals surface area contributed by atoms with Crippen molar-refractivity contribution >= 4 is 50.6 Å². The second-order valence-electron chi connectivity index (χ2n) is 14.8. The molecule has 272 valence electrons. The van der Waals surface area contributed by atoms with Crippen LogP contribution in [0.4, 0.5) is 17.1 Å². The molecule has 5 nitrogen and oxygen atoms in total. The molecule has 12 rings (SSSR count). The molecule has 0 aliphatic carbocycles.